The van der Waals surface area contributed by atoms with Crippen molar-refractivity contribution in [2.75, 3.05) is 0 Å². The Hall–Kier alpha value is -3.64. The minimum absolute atomic E-state index is 0.303. The van der Waals surface area contributed by atoms with Crippen molar-refractivity contribution in [2.45, 2.75) is 12.2 Å². The van der Waals surface area contributed by atoms with Gasteiger partial charge in [-0.3, -0.25) is 4.79 Å². The summed E-state index contributed by atoms with van der Waals surface area (Å²) < 4.78 is 5.78. The third kappa shape index (κ3) is 5.89. The van der Waals surface area contributed by atoms with Gasteiger partial charge in [0.2, 0.25) is 0 Å². The van der Waals surface area contributed by atoms with Crippen LogP contribution in [0.25, 0.3) is 0 Å². The van der Waals surface area contributed by atoms with Gasteiger partial charge in [-0.2, -0.15) is 5.10 Å². The first kappa shape index (κ1) is 24.5. The molecule has 176 valence electrons. The zero-order valence-electron chi connectivity index (χ0n) is 18.6. The van der Waals surface area contributed by atoms with Gasteiger partial charge in [0.1, 0.15) is 12.4 Å². The predicted octanol–water partition coefficient (Wildman–Crippen LogP) is 5.96. The van der Waals surface area contributed by atoms with E-state index in [1.807, 2.05) is 18.2 Å². The molecule has 4 aromatic carbocycles. The fraction of sp³-hybridized carbons (Fsp3) is 0.0714. The van der Waals surface area contributed by atoms with Crippen LogP contribution in [-0.2, 0) is 17.0 Å². The maximum Gasteiger partial charge on any atom is 0.281 e. The second-order valence-corrected chi connectivity index (χ2v) is 8.58. The highest BCUT2D eigenvalue weighted by Crippen LogP contribution is 2.30. The van der Waals surface area contributed by atoms with Gasteiger partial charge in [0, 0.05) is 15.6 Å². The lowest BCUT2D eigenvalue weighted by Crippen LogP contribution is -2.43. The Morgan fingerprint density at radius 2 is 1.49 bits per heavy atom. The Morgan fingerprint density at radius 3 is 2.06 bits per heavy atom. The van der Waals surface area contributed by atoms with Gasteiger partial charge in [0.05, 0.1) is 6.21 Å². The first-order valence-corrected chi connectivity index (χ1v) is 11.6. The van der Waals surface area contributed by atoms with Crippen molar-refractivity contribution < 1.29 is 14.6 Å². The summed E-state index contributed by atoms with van der Waals surface area (Å²) in [7, 11) is 0. The molecule has 0 radical (unpaired) electrons. The molecule has 0 saturated heterocycles. The van der Waals surface area contributed by atoms with E-state index in [0.717, 1.165) is 11.1 Å². The molecule has 4 aromatic rings. The highest BCUT2D eigenvalue weighted by atomic mass is 35.5. The number of carbonyl (C=O) groups is 1. The minimum atomic E-state index is -1.89. The van der Waals surface area contributed by atoms with Gasteiger partial charge in [-0.15, -0.1) is 0 Å². The van der Waals surface area contributed by atoms with E-state index in [0.29, 0.717) is 33.5 Å². The summed E-state index contributed by atoms with van der Waals surface area (Å²) in [6, 6.07) is 30.0. The van der Waals surface area contributed by atoms with E-state index in [4.69, 9.17) is 27.9 Å². The average Bonchev–Trinajstić information content (AvgIpc) is 2.89. The second kappa shape index (κ2) is 11.2. The Morgan fingerprint density at radius 1 is 0.886 bits per heavy atom. The lowest BCUT2D eigenvalue weighted by molar-refractivity contribution is -0.136. The molecule has 0 aliphatic carbocycles. The van der Waals surface area contributed by atoms with Crippen LogP contribution in [0.1, 0.15) is 22.3 Å². The Labute approximate surface area is 213 Å². The Bertz CT molecular complexity index is 1270. The van der Waals surface area contributed by atoms with E-state index >= 15 is 0 Å². The molecule has 0 unspecified atom stereocenters. The second-order valence-electron chi connectivity index (χ2n) is 7.74. The SMILES string of the molecule is O=C(NN=Cc1ccc(OCc2ccc(Cl)cc2Cl)cc1)C(O)(c1ccccc1)c1ccccc1. The highest BCUT2D eigenvalue weighted by Gasteiger charge is 2.39. The van der Waals surface area contributed by atoms with Gasteiger partial charge >= 0.3 is 0 Å². The zero-order chi connectivity index (χ0) is 24.7. The minimum Gasteiger partial charge on any atom is -0.489 e. The van der Waals surface area contributed by atoms with Crippen LogP contribution in [0.2, 0.25) is 10.0 Å². The van der Waals surface area contributed by atoms with Gasteiger partial charge in [-0.05, 0) is 53.1 Å². The van der Waals surface area contributed by atoms with Crippen molar-refractivity contribution in [3.8, 4) is 5.75 Å². The van der Waals surface area contributed by atoms with E-state index in [9.17, 15) is 9.90 Å². The maximum absolute atomic E-state index is 13.1. The molecule has 2 N–H and O–H groups in total. The van der Waals surface area contributed by atoms with Gasteiger partial charge in [0.15, 0.2) is 5.60 Å². The number of halogens is 2. The van der Waals surface area contributed by atoms with Crippen molar-refractivity contribution in [3.05, 3.63) is 135 Å². The van der Waals surface area contributed by atoms with Crippen LogP contribution in [-0.4, -0.2) is 17.2 Å². The van der Waals surface area contributed by atoms with Crippen molar-refractivity contribution in [2.24, 2.45) is 5.10 Å². The number of hydrogen-bond acceptors (Lipinski definition) is 4. The first-order chi connectivity index (χ1) is 17.0. The average molecular weight is 505 g/mol. The van der Waals surface area contributed by atoms with E-state index in [1.165, 1.54) is 6.21 Å². The van der Waals surface area contributed by atoms with Crippen molar-refractivity contribution in [1.29, 1.82) is 0 Å². The molecular weight excluding hydrogens is 483 g/mol. The van der Waals surface area contributed by atoms with E-state index in [-0.39, 0.29) is 0 Å². The number of ether oxygens (including phenoxy) is 1. The summed E-state index contributed by atoms with van der Waals surface area (Å²) in [6.45, 7) is 0.303. The van der Waals surface area contributed by atoms with E-state index < -0.39 is 11.5 Å². The number of amides is 1. The zero-order valence-corrected chi connectivity index (χ0v) is 20.1. The quantitative estimate of drug-likeness (QED) is 0.229. The van der Waals surface area contributed by atoms with Gasteiger partial charge in [-0.1, -0.05) is 89.9 Å². The Kier molecular flexibility index (Phi) is 7.83. The molecule has 0 bridgehead atoms. The summed E-state index contributed by atoms with van der Waals surface area (Å²) in [5.74, 6) is -0.00863. The largest absolute Gasteiger partial charge is 0.489 e. The summed E-state index contributed by atoms with van der Waals surface area (Å²) in [4.78, 5) is 13.1. The number of benzene rings is 4. The summed E-state index contributed by atoms with van der Waals surface area (Å²) in [6.07, 6.45) is 1.49. The van der Waals surface area contributed by atoms with Crippen LogP contribution in [0.15, 0.2) is 108 Å². The number of carbonyl (C=O) groups excluding carboxylic acids is 1. The van der Waals surface area contributed by atoms with Gasteiger partial charge in [-0.25, -0.2) is 5.43 Å². The molecule has 0 aliphatic heterocycles. The van der Waals surface area contributed by atoms with Gasteiger partial charge in [0.25, 0.3) is 5.91 Å². The van der Waals surface area contributed by atoms with Crippen LogP contribution in [0.5, 0.6) is 5.75 Å². The summed E-state index contributed by atoms with van der Waals surface area (Å²) in [5.41, 5.74) is 3.04. The predicted molar refractivity (Wildman–Crippen MR) is 139 cm³/mol. The topological polar surface area (TPSA) is 70.9 Å². The smallest absolute Gasteiger partial charge is 0.281 e. The number of hydrazone groups is 1. The molecule has 0 fully saturated rings. The van der Waals surface area contributed by atoms with E-state index in [1.54, 1.807) is 84.9 Å². The number of nitrogens with zero attached hydrogens (tertiary/aromatic N) is 1. The Balaban J connectivity index is 1.42. The molecule has 0 atom stereocenters. The third-order valence-corrected chi connectivity index (χ3v) is 5.97. The molecule has 0 saturated carbocycles. The number of aliphatic hydroxyl groups is 1. The van der Waals surface area contributed by atoms with Crippen LogP contribution in [0.4, 0.5) is 0 Å². The molecule has 5 nitrogen and oxygen atoms in total. The molecule has 0 heterocycles. The maximum atomic E-state index is 13.1. The number of rotatable bonds is 8. The summed E-state index contributed by atoms with van der Waals surface area (Å²) in [5, 5.41) is 16.6. The molecule has 0 aliphatic rings. The van der Waals surface area contributed by atoms with Crippen LogP contribution >= 0.6 is 23.2 Å². The number of nitrogens with one attached hydrogen (secondary N) is 1. The highest BCUT2D eigenvalue weighted by molar-refractivity contribution is 6.35. The molecule has 7 heteroatoms. The van der Waals surface area contributed by atoms with Crippen LogP contribution in [0.3, 0.4) is 0 Å². The molecule has 1 amide bonds. The lowest BCUT2D eigenvalue weighted by atomic mass is 9.85. The van der Waals surface area contributed by atoms with Crippen LogP contribution < -0.4 is 10.2 Å². The summed E-state index contributed by atoms with van der Waals surface area (Å²) >= 11 is 12.1. The van der Waals surface area contributed by atoms with E-state index in [2.05, 4.69) is 10.5 Å². The fourth-order valence-electron chi connectivity index (χ4n) is 3.48. The standard InChI is InChI=1S/C28H22Cl2N2O3/c29-24-14-13-21(26(30)17-24)19-35-25-15-11-20(12-16-25)18-31-32-27(33)28(34,22-7-3-1-4-8-22)23-9-5-2-6-10-23/h1-18,34H,19H2,(H,32,33). The van der Waals surface area contributed by atoms with Crippen molar-refractivity contribution in [1.82, 2.24) is 5.43 Å². The molecule has 4 rings (SSSR count). The first-order valence-electron chi connectivity index (χ1n) is 10.8. The molecule has 0 spiro atoms. The normalized spacial score (nSPS) is 11.4. The van der Waals surface area contributed by atoms with Crippen LogP contribution in [0, 0.1) is 0 Å². The van der Waals surface area contributed by atoms with Crippen molar-refractivity contribution in [3.63, 3.8) is 0 Å². The molecular formula is C28H22Cl2N2O3. The molecule has 0 aromatic heterocycles. The number of hydrogen-bond donors (Lipinski definition) is 2. The molecule has 35 heavy (non-hydrogen) atoms. The monoisotopic (exact) mass is 504 g/mol. The fourth-order valence-corrected chi connectivity index (χ4v) is 3.95. The van der Waals surface area contributed by atoms with Gasteiger partial charge < -0.3 is 9.84 Å². The lowest BCUT2D eigenvalue weighted by Gasteiger charge is -2.27. The third-order valence-electron chi connectivity index (χ3n) is 5.38. The van der Waals surface area contributed by atoms with Crippen molar-refractivity contribution >= 4 is 35.3 Å².